The fraction of sp³-hybridized carbons (Fsp3) is 0.125. The first kappa shape index (κ1) is 21.6. The van der Waals surface area contributed by atoms with Gasteiger partial charge in [-0.1, -0.05) is 84.1 Å². The van der Waals surface area contributed by atoms with Crippen molar-refractivity contribution in [2.75, 3.05) is 4.90 Å². The second-order valence-electron chi connectivity index (χ2n) is 7.13. The van der Waals surface area contributed by atoms with Gasteiger partial charge < -0.3 is 5.32 Å². The van der Waals surface area contributed by atoms with Crippen LogP contribution < -0.4 is 10.2 Å². The Morgan fingerprint density at radius 3 is 2.32 bits per heavy atom. The summed E-state index contributed by atoms with van der Waals surface area (Å²) >= 11 is 13.1. The number of hydrogen-bond acceptors (Lipinski definition) is 4. The fourth-order valence-corrected chi connectivity index (χ4v) is 5.23. The maximum absolute atomic E-state index is 13.7. The summed E-state index contributed by atoms with van der Waals surface area (Å²) in [5.41, 5.74) is 3.01. The lowest BCUT2D eigenvalue weighted by Gasteiger charge is -2.38. The van der Waals surface area contributed by atoms with E-state index in [4.69, 9.17) is 23.8 Å². The van der Waals surface area contributed by atoms with Crippen molar-refractivity contribution in [2.45, 2.75) is 18.2 Å². The first-order valence-corrected chi connectivity index (χ1v) is 11.3. The molecule has 7 heteroatoms. The molecule has 1 aliphatic rings. The Hall–Kier alpha value is -2.67. The number of nitrogens with zero attached hydrogens (tertiary/aromatic N) is 1. The van der Waals surface area contributed by atoms with Crippen molar-refractivity contribution in [3.63, 3.8) is 0 Å². The molecule has 0 bridgehead atoms. The number of para-hydroxylation sites is 1. The van der Waals surface area contributed by atoms with E-state index < -0.39 is 6.04 Å². The number of thiocarbonyl (C=S) groups is 1. The van der Waals surface area contributed by atoms with E-state index in [0.717, 1.165) is 16.8 Å². The molecule has 0 radical (unpaired) electrons. The number of rotatable bonds is 4. The molecule has 31 heavy (non-hydrogen) atoms. The molecule has 2 amide bonds. The molecule has 0 unspecified atom stereocenters. The molecule has 156 valence electrons. The lowest BCUT2D eigenvalue weighted by Crippen LogP contribution is -2.56. The first-order valence-electron chi connectivity index (χ1n) is 9.67. The monoisotopic (exact) mass is 466 g/mol. The number of benzene rings is 3. The number of halogens is 1. The van der Waals surface area contributed by atoms with Gasteiger partial charge in [-0.05, 0) is 48.4 Å². The predicted octanol–water partition coefficient (Wildman–Crippen LogP) is 5.55. The van der Waals surface area contributed by atoms with E-state index in [9.17, 15) is 9.59 Å². The minimum atomic E-state index is -0.801. The predicted molar refractivity (Wildman–Crippen MR) is 131 cm³/mol. The van der Waals surface area contributed by atoms with Crippen molar-refractivity contribution in [2.24, 2.45) is 0 Å². The number of anilines is 1. The van der Waals surface area contributed by atoms with Crippen molar-refractivity contribution in [3.8, 4) is 0 Å². The Bertz CT molecular complexity index is 1140. The van der Waals surface area contributed by atoms with Crippen LogP contribution >= 0.6 is 35.6 Å². The minimum absolute atomic E-state index is 0.262. The first-order chi connectivity index (χ1) is 15.0. The number of aryl methyl sites for hydroxylation is 1. The molecule has 0 spiro atoms. The third-order valence-electron chi connectivity index (χ3n) is 5.08. The molecule has 1 N–H and O–H groups in total. The van der Waals surface area contributed by atoms with Crippen molar-refractivity contribution >= 4 is 57.4 Å². The number of nitrogens with one attached hydrogen (secondary N) is 1. The molecule has 3 aromatic rings. The normalized spacial score (nSPS) is 18.7. The highest BCUT2D eigenvalue weighted by Crippen LogP contribution is 2.41. The Kier molecular flexibility index (Phi) is 6.41. The summed E-state index contributed by atoms with van der Waals surface area (Å²) in [6.45, 7) is 1.93. The molecule has 0 saturated carbocycles. The Morgan fingerprint density at radius 1 is 1.00 bits per heavy atom. The molecular formula is C24H19ClN2O2S2. The average Bonchev–Trinajstić information content (AvgIpc) is 2.78. The molecule has 1 saturated heterocycles. The molecule has 0 aromatic heterocycles. The zero-order chi connectivity index (χ0) is 22.0. The minimum Gasteiger partial charge on any atom is -0.339 e. The van der Waals surface area contributed by atoms with Crippen LogP contribution in [0, 0.1) is 6.92 Å². The van der Waals surface area contributed by atoms with Crippen LogP contribution in [0.5, 0.6) is 0 Å². The summed E-state index contributed by atoms with van der Waals surface area (Å²) in [4.78, 5) is 28.2. The van der Waals surface area contributed by atoms with Crippen molar-refractivity contribution in [3.05, 3.63) is 101 Å². The van der Waals surface area contributed by atoms with E-state index in [1.165, 1.54) is 16.7 Å². The molecule has 4 nitrogen and oxygen atoms in total. The van der Waals surface area contributed by atoms with E-state index >= 15 is 0 Å². The summed E-state index contributed by atoms with van der Waals surface area (Å²) in [6, 6.07) is 22.9. The van der Waals surface area contributed by atoms with Gasteiger partial charge in [0.05, 0.1) is 10.9 Å². The van der Waals surface area contributed by atoms with Crippen LogP contribution in [-0.4, -0.2) is 22.2 Å². The summed E-state index contributed by atoms with van der Waals surface area (Å²) in [5, 5.41) is 3.18. The fourth-order valence-electron chi connectivity index (χ4n) is 3.48. The molecule has 1 fully saturated rings. The lowest BCUT2D eigenvalue weighted by atomic mass is 10.0. The van der Waals surface area contributed by atoms with Gasteiger partial charge in [0.25, 0.3) is 11.8 Å². The van der Waals surface area contributed by atoms with Gasteiger partial charge in [-0.15, -0.1) is 0 Å². The van der Waals surface area contributed by atoms with Crippen molar-refractivity contribution in [1.82, 2.24) is 5.32 Å². The zero-order valence-electron chi connectivity index (χ0n) is 16.6. The number of hydrogen-bond donors (Lipinski definition) is 1. The highest BCUT2D eigenvalue weighted by molar-refractivity contribution is 8.23. The van der Waals surface area contributed by atoms with Crippen molar-refractivity contribution < 1.29 is 9.59 Å². The van der Waals surface area contributed by atoms with Gasteiger partial charge in [0, 0.05) is 10.6 Å². The molecule has 4 rings (SSSR count). The van der Waals surface area contributed by atoms with Gasteiger partial charge in [0.2, 0.25) is 0 Å². The smallest absolute Gasteiger partial charge is 0.256 e. The van der Waals surface area contributed by atoms with Gasteiger partial charge in [0.15, 0.2) is 0 Å². The highest BCUT2D eigenvalue weighted by atomic mass is 35.5. The third-order valence-corrected chi connectivity index (χ3v) is 6.98. The standard InChI is InChI=1S/C24H19ClN2O2S2/c1-15-7-5-6-10-19(15)27-23(29)20(26-22(28)17-8-3-2-4-9-17)21(31-24(27)30)16-11-13-18(25)14-12-16/h2-14,20-21H,1H3,(H,26,28)/t20-,21+/m0/s1. The maximum Gasteiger partial charge on any atom is 0.256 e. The van der Waals surface area contributed by atoms with Crippen LogP contribution in [0.3, 0.4) is 0 Å². The SMILES string of the molecule is Cc1ccccc1N1C(=O)[C@@H](NC(=O)c2ccccc2)[C@@H](c2ccc(Cl)cc2)SC1=S. The molecule has 0 aliphatic carbocycles. The van der Waals surface area contributed by atoms with Crippen LogP contribution in [0.1, 0.15) is 26.7 Å². The van der Waals surface area contributed by atoms with Crippen LogP contribution in [0.4, 0.5) is 5.69 Å². The topological polar surface area (TPSA) is 49.4 Å². The van der Waals surface area contributed by atoms with E-state index in [0.29, 0.717) is 14.9 Å². The quantitative estimate of drug-likeness (QED) is 0.512. The van der Waals surface area contributed by atoms with Gasteiger partial charge in [-0.3, -0.25) is 14.5 Å². The maximum atomic E-state index is 13.7. The van der Waals surface area contributed by atoms with E-state index in [2.05, 4.69) is 5.32 Å². The summed E-state index contributed by atoms with van der Waals surface area (Å²) in [6.07, 6.45) is 0. The number of thioether (sulfide) groups is 1. The Morgan fingerprint density at radius 2 is 1.65 bits per heavy atom. The van der Waals surface area contributed by atoms with Gasteiger partial charge in [-0.2, -0.15) is 0 Å². The Balaban J connectivity index is 1.73. The number of carbonyl (C=O) groups is 2. The van der Waals surface area contributed by atoms with Crippen molar-refractivity contribution in [1.29, 1.82) is 0 Å². The number of amides is 2. The van der Waals surface area contributed by atoms with E-state index in [1.54, 1.807) is 36.4 Å². The van der Waals surface area contributed by atoms with Crippen LogP contribution in [0.2, 0.25) is 5.02 Å². The third kappa shape index (κ3) is 4.51. The van der Waals surface area contributed by atoms with Gasteiger partial charge in [-0.25, -0.2) is 0 Å². The van der Waals surface area contributed by atoms with E-state index in [1.807, 2.05) is 49.4 Å². The largest absolute Gasteiger partial charge is 0.339 e. The van der Waals surface area contributed by atoms with Gasteiger partial charge >= 0.3 is 0 Å². The second kappa shape index (κ2) is 9.22. The Labute approximate surface area is 195 Å². The van der Waals surface area contributed by atoms with Crippen LogP contribution in [0.15, 0.2) is 78.9 Å². The molecule has 3 aromatic carbocycles. The van der Waals surface area contributed by atoms with Crippen LogP contribution in [-0.2, 0) is 4.79 Å². The molecule has 1 heterocycles. The summed E-state index contributed by atoms with van der Waals surface area (Å²) < 4.78 is 0.449. The van der Waals surface area contributed by atoms with Gasteiger partial charge in [0.1, 0.15) is 10.4 Å². The summed E-state index contributed by atoms with van der Waals surface area (Å²) in [5.74, 6) is -0.571. The lowest BCUT2D eigenvalue weighted by molar-refractivity contribution is -0.119. The number of carbonyl (C=O) groups excluding carboxylic acids is 2. The molecule has 1 aliphatic heterocycles. The molecule has 2 atom stereocenters. The van der Waals surface area contributed by atoms with E-state index in [-0.39, 0.29) is 17.1 Å². The summed E-state index contributed by atoms with van der Waals surface area (Å²) in [7, 11) is 0. The second-order valence-corrected chi connectivity index (χ2v) is 9.35. The molecular weight excluding hydrogens is 448 g/mol. The zero-order valence-corrected chi connectivity index (χ0v) is 19.0. The highest BCUT2D eigenvalue weighted by Gasteiger charge is 2.43. The van der Waals surface area contributed by atoms with Crippen LogP contribution in [0.25, 0.3) is 0 Å². The average molecular weight is 467 g/mol.